The monoisotopic (exact) mass is 364 g/mol. The molecule has 1 N–H and O–H groups in total. The SMILES string of the molecule is O=C(CSc1nc(C(F)(F)F)nc2ccccc12)c1ccc(O)cc1. The highest BCUT2D eigenvalue weighted by atomic mass is 32.2. The molecule has 0 saturated heterocycles. The number of para-hydroxylation sites is 1. The van der Waals surface area contributed by atoms with E-state index in [0.29, 0.717) is 10.9 Å². The number of benzene rings is 2. The van der Waals surface area contributed by atoms with Gasteiger partial charge in [-0.2, -0.15) is 13.2 Å². The lowest BCUT2D eigenvalue weighted by atomic mass is 10.1. The molecule has 0 aliphatic rings. The Labute approximate surface area is 144 Å². The van der Waals surface area contributed by atoms with E-state index in [1.165, 1.54) is 30.3 Å². The number of thioether (sulfide) groups is 1. The molecule has 0 saturated carbocycles. The maximum Gasteiger partial charge on any atom is 0.451 e. The summed E-state index contributed by atoms with van der Waals surface area (Å²) in [5, 5.41) is 9.79. The summed E-state index contributed by atoms with van der Waals surface area (Å²) in [6, 6.07) is 12.0. The highest BCUT2D eigenvalue weighted by Crippen LogP contribution is 2.32. The van der Waals surface area contributed by atoms with Crippen molar-refractivity contribution in [2.24, 2.45) is 0 Å². The molecule has 0 amide bonds. The van der Waals surface area contributed by atoms with E-state index in [2.05, 4.69) is 9.97 Å². The van der Waals surface area contributed by atoms with E-state index in [4.69, 9.17) is 0 Å². The van der Waals surface area contributed by atoms with E-state index in [9.17, 15) is 23.1 Å². The Balaban J connectivity index is 1.89. The van der Waals surface area contributed by atoms with Crippen molar-refractivity contribution in [1.29, 1.82) is 0 Å². The first kappa shape index (κ1) is 17.2. The number of alkyl halides is 3. The van der Waals surface area contributed by atoms with Crippen molar-refractivity contribution in [3.05, 3.63) is 59.9 Å². The summed E-state index contributed by atoms with van der Waals surface area (Å²) in [6.45, 7) is 0. The lowest BCUT2D eigenvalue weighted by Crippen LogP contribution is -2.12. The number of ketones is 1. The van der Waals surface area contributed by atoms with Crippen molar-refractivity contribution in [3.63, 3.8) is 0 Å². The van der Waals surface area contributed by atoms with Gasteiger partial charge in [0, 0.05) is 10.9 Å². The molecule has 2 aromatic carbocycles. The van der Waals surface area contributed by atoms with E-state index < -0.39 is 12.0 Å². The third-order valence-corrected chi connectivity index (χ3v) is 4.34. The van der Waals surface area contributed by atoms with E-state index in [1.54, 1.807) is 18.2 Å². The summed E-state index contributed by atoms with van der Waals surface area (Å²) in [5.74, 6) is -1.56. The van der Waals surface area contributed by atoms with Crippen molar-refractivity contribution in [2.45, 2.75) is 11.2 Å². The van der Waals surface area contributed by atoms with Gasteiger partial charge in [0.2, 0.25) is 5.82 Å². The van der Waals surface area contributed by atoms with Crippen LogP contribution in [-0.2, 0) is 6.18 Å². The zero-order valence-electron chi connectivity index (χ0n) is 12.6. The van der Waals surface area contributed by atoms with Gasteiger partial charge in [0.1, 0.15) is 10.8 Å². The largest absolute Gasteiger partial charge is 0.508 e. The van der Waals surface area contributed by atoms with Gasteiger partial charge in [0.25, 0.3) is 0 Å². The number of carbonyl (C=O) groups is 1. The molecule has 3 aromatic rings. The highest BCUT2D eigenvalue weighted by Gasteiger charge is 2.35. The number of halogens is 3. The molecule has 0 fully saturated rings. The van der Waals surface area contributed by atoms with Crippen LogP contribution in [0.15, 0.2) is 53.6 Å². The van der Waals surface area contributed by atoms with Gasteiger partial charge in [-0.15, -0.1) is 0 Å². The van der Waals surface area contributed by atoms with Crippen LogP contribution in [0.3, 0.4) is 0 Å². The summed E-state index contributed by atoms with van der Waals surface area (Å²) >= 11 is 0.924. The Morgan fingerprint density at radius 1 is 1.04 bits per heavy atom. The molecule has 0 radical (unpaired) electrons. The lowest BCUT2D eigenvalue weighted by molar-refractivity contribution is -0.145. The number of hydrogen-bond donors (Lipinski definition) is 1. The average molecular weight is 364 g/mol. The second-order valence-electron chi connectivity index (χ2n) is 5.13. The number of aromatic nitrogens is 2. The fourth-order valence-electron chi connectivity index (χ4n) is 2.15. The topological polar surface area (TPSA) is 63.1 Å². The Bertz CT molecular complexity index is 927. The van der Waals surface area contributed by atoms with Crippen molar-refractivity contribution in [1.82, 2.24) is 9.97 Å². The van der Waals surface area contributed by atoms with Gasteiger partial charge in [-0.05, 0) is 30.3 Å². The fraction of sp³-hybridized carbons (Fsp3) is 0.118. The predicted octanol–water partition coefficient (Wildman–Crippen LogP) is 4.33. The molecule has 0 atom stereocenters. The molecule has 1 aromatic heterocycles. The van der Waals surface area contributed by atoms with Crippen molar-refractivity contribution in [2.75, 3.05) is 5.75 Å². The zero-order chi connectivity index (χ0) is 18.0. The number of fused-ring (bicyclic) bond motifs is 1. The first-order valence-electron chi connectivity index (χ1n) is 7.13. The van der Waals surface area contributed by atoms with Gasteiger partial charge in [-0.1, -0.05) is 30.0 Å². The summed E-state index contributed by atoms with van der Waals surface area (Å²) in [5.41, 5.74) is 0.532. The summed E-state index contributed by atoms with van der Waals surface area (Å²) in [4.78, 5) is 19.3. The number of aromatic hydroxyl groups is 1. The molecule has 0 spiro atoms. The van der Waals surface area contributed by atoms with Crippen LogP contribution in [0.4, 0.5) is 13.2 Å². The number of carbonyl (C=O) groups excluding carboxylic acids is 1. The van der Waals surface area contributed by atoms with Gasteiger partial charge in [-0.25, -0.2) is 9.97 Å². The summed E-state index contributed by atoms with van der Waals surface area (Å²) in [6.07, 6.45) is -4.67. The molecule has 0 bridgehead atoms. The number of nitrogens with zero attached hydrogens (tertiary/aromatic N) is 2. The predicted molar refractivity (Wildman–Crippen MR) is 87.7 cm³/mol. The lowest BCUT2D eigenvalue weighted by Gasteiger charge is -2.10. The molecule has 25 heavy (non-hydrogen) atoms. The minimum Gasteiger partial charge on any atom is -0.508 e. The quantitative estimate of drug-likeness (QED) is 0.424. The van der Waals surface area contributed by atoms with Gasteiger partial charge in [0.15, 0.2) is 5.78 Å². The van der Waals surface area contributed by atoms with Gasteiger partial charge in [0.05, 0.1) is 11.3 Å². The summed E-state index contributed by atoms with van der Waals surface area (Å²) < 4.78 is 38.9. The van der Waals surface area contributed by atoms with E-state index in [-0.39, 0.29) is 27.8 Å². The number of rotatable bonds is 4. The Hall–Kier alpha value is -2.61. The second kappa shape index (κ2) is 6.72. The molecule has 0 aliphatic carbocycles. The Kier molecular flexibility index (Phi) is 4.63. The molecule has 1 heterocycles. The molecule has 128 valence electrons. The first-order valence-corrected chi connectivity index (χ1v) is 8.12. The highest BCUT2D eigenvalue weighted by molar-refractivity contribution is 8.00. The van der Waals surface area contributed by atoms with Crippen LogP contribution in [0, 0.1) is 0 Å². The van der Waals surface area contributed by atoms with Crippen LogP contribution < -0.4 is 0 Å². The number of phenols is 1. The number of phenolic OH excluding ortho intramolecular Hbond substituents is 1. The zero-order valence-corrected chi connectivity index (χ0v) is 13.4. The minimum atomic E-state index is -4.67. The van der Waals surface area contributed by atoms with Gasteiger partial charge < -0.3 is 5.11 Å². The van der Waals surface area contributed by atoms with Crippen molar-refractivity contribution in [3.8, 4) is 5.75 Å². The van der Waals surface area contributed by atoms with Crippen LogP contribution >= 0.6 is 11.8 Å². The molecule has 4 nitrogen and oxygen atoms in total. The van der Waals surface area contributed by atoms with Crippen LogP contribution in [0.25, 0.3) is 10.9 Å². The molecule has 3 rings (SSSR count). The molecular formula is C17H11F3N2O2S. The van der Waals surface area contributed by atoms with Crippen LogP contribution in [0.1, 0.15) is 16.2 Å². The van der Waals surface area contributed by atoms with Crippen LogP contribution in [0.2, 0.25) is 0 Å². The van der Waals surface area contributed by atoms with Crippen molar-refractivity contribution >= 4 is 28.4 Å². The summed E-state index contributed by atoms with van der Waals surface area (Å²) in [7, 11) is 0. The Morgan fingerprint density at radius 2 is 1.72 bits per heavy atom. The van der Waals surface area contributed by atoms with Gasteiger partial charge >= 0.3 is 6.18 Å². The first-order chi connectivity index (χ1) is 11.8. The van der Waals surface area contributed by atoms with E-state index >= 15 is 0 Å². The number of Topliss-reactive ketones (excluding diaryl/α,β-unsaturated/α-hetero) is 1. The van der Waals surface area contributed by atoms with Gasteiger partial charge in [-0.3, -0.25) is 4.79 Å². The van der Waals surface area contributed by atoms with Crippen molar-refractivity contribution < 1.29 is 23.1 Å². The van der Waals surface area contributed by atoms with E-state index in [0.717, 1.165) is 11.8 Å². The maximum atomic E-state index is 13.0. The van der Waals surface area contributed by atoms with Crippen LogP contribution in [-0.4, -0.2) is 26.6 Å². The maximum absolute atomic E-state index is 13.0. The van der Waals surface area contributed by atoms with Crippen LogP contribution in [0.5, 0.6) is 5.75 Å². The third-order valence-electron chi connectivity index (χ3n) is 3.35. The molecule has 8 heteroatoms. The third kappa shape index (κ3) is 3.90. The average Bonchev–Trinajstić information content (AvgIpc) is 2.59. The smallest absolute Gasteiger partial charge is 0.451 e. The normalized spacial score (nSPS) is 11.6. The fourth-order valence-corrected chi connectivity index (χ4v) is 3.06. The molecule has 0 aliphatic heterocycles. The standard InChI is InChI=1S/C17H11F3N2O2S/c18-17(19,20)16-21-13-4-2-1-3-12(13)15(22-16)25-9-14(24)10-5-7-11(23)8-6-10/h1-8,23H,9H2. The Morgan fingerprint density at radius 3 is 2.40 bits per heavy atom. The number of hydrogen-bond acceptors (Lipinski definition) is 5. The molecule has 0 unspecified atom stereocenters. The minimum absolute atomic E-state index is 0.0285. The molecular weight excluding hydrogens is 353 g/mol. The second-order valence-corrected chi connectivity index (χ2v) is 6.09. The van der Waals surface area contributed by atoms with E-state index in [1.807, 2.05) is 0 Å².